The van der Waals surface area contributed by atoms with Crippen molar-refractivity contribution in [2.24, 2.45) is 5.10 Å². The first-order chi connectivity index (χ1) is 13.3. The molecule has 1 aromatic rings. The third-order valence-corrected chi connectivity index (χ3v) is 6.57. The van der Waals surface area contributed by atoms with Gasteiger partial charge in [0.05, 0.1) is 16.1 Å². The number of nitrogens with one attached hydrogen (secondary N) is 1. The molecule has 9 heteroatoms. The van der Waals surface area contributed by atoms with Gasteiger partial charge in [-0.1, -0.05) is 55.4 Å². The first-order valence-electron chi connectivity index (χ1n) is 9.42. The SMILES string of the molecule is CC1(C)SC(=S)N(/N=C/C(=O)O)C1N(O)c1ccccc1NC1CCCCC1. The quantitative estimate of drug-likeness (QED) is 0.358. The number of nitrogens with zero attached hydrogens (tertiary/aromatic N) is 3. The summed E-state index contributed by atoms with van der Waals surface area (Å²) in [5, 5.41) is 30.2. The lowest BCUT2D eigenvalue weighted by Gasteiger charge is -2.37. The highest BCUT2D eigenvalue weighted by molar-refractivity contribution is 8.24. The Morgan fingerprint density at radius 1 is 1.36 bits per heavy atom. The van der Waals surface area contributed by atoms with Crippen LogP contribution in [-0.4, -0.2) is 48.8 Å². The minimum absolute atomic E-state index is 0.386. The van der Waals surface area contributed by atoms with Gasteiger partial charge in [0.1, 0.15) is 6.21 Å². The van der Waals surface area contributed by atoms with Crippen molar-refractivity contribution in [3.8, 4) is 0 Å². The summed E-state index contributed by atoms with van der Waals surface area (Å²) < 4.78 is -0.0797. The molecule has 1 heterocycles. The van der Waals surface area contributed by atoms with Crippen LogP contribution in [0.2, 0.25) is 0 Å². The Morgan fingerprint density at radius 2 is 2.04 bits per heavy atom. The predicted octanol–water partition coefficient (Wildman–Crippen LogP) is 4.14. The molecule has 0 bridgehead atoms. The number of carboxylic acids is 1. The molecular formula is C19H26N4O3S2. The number of aliphatic carboxylic acids is 1. The number of carbonyl (C=O) groups is 1. The van der Waals surface area contributed by atoms with Crippen molar-refractivity contribution in [1.82, 2.24) is 5.01 Å². The number of thiocarbonyl (C=S) groups is 1. The number of hydrogen-bond donors (Lipinski definition) is 3. The molecule has 0 aromatic heterocycles. The smallest absolute Gasteiger partial charge is 0.348 e. The average molecular weight is 423 g/mol. The monoisotopic (exact) mass is 422 g/mol. The number of hydroxylamine groups is 1. The summed E-state index contributed by atoms with van der Waals surface area (Å²) in [4.78, 5) is 10.9. The molecule has 1 atom stereocenters. The molecule has 28 heavy (non-hydrogen) atoms. The molecule has 2 fully saturated rings. The zero-order chi connectivity index (χ0) is 20.3. The Bertz CT molecular complexity index is 765. The molecule has 1 aliphatic heterocycles. The molecule has 0 radical (unpaired) electrons. The van der Waals surface area contributed by atoms with E-state index in [-0.39, 0.29) is 0 Å². The van der Waals surface area contributed by atoms with Crippen molar-refractivity contribution in [1.29, 1.82) is 0 Å². The van der Waals surface area contributed by atoms with E-state index in [0.717, 1.165) is 29.8 Å². The number of rotatable bonds is 6. The Kier molecular flexibility index (Phi) is 6.47. The molecule has 152 valence electrons. The van der Waals surface area contributed by atoms with Gasteiger partial charge in [-0.2, -0.15) is 5.10 Å². The standard InChI is InChI=1S/C19H26N4O3S2/c1-19(2)17(22(18(27)28-19)20-12-16(24)25)23(26)15-11-7-6-10-14(15)21-13-8-4-3-5-9-13/h6-7,10-13,17,21,26H,3-5,8-9H2,1-2H3,(H,24,25)/b20-12+. The summed E-state index contributed by atoms with van der Waals surface area (Å²) in [6.45, 7) is 3.90. The van der Waals surface area contributed by atoms with Gasteiger partial charge in [0, 0.05) is 6.04 Å². The van der Waals surface area contributed by atoms with Crippen LogP contribution in [0, 0.1) is 0 Å². The van der Waals surface area contributed by atoms with E-state index < -0.39 is 16.9 Å². The van der Waals surface area contributed by atoms with Crippen molar-refractivity contribution in [3.05, 3.63) is 24.3 Å². The lowest BCUT2D eigenvalue weighted by Crippen LogP contribution is -2.51. The van der Waals surface area contributed by atoms with Crippen LogP contribution in [0.15, 0.2) is 29.4 Å². The molecule has 1 aromatic carbocycles. The molecule has 1 unspecified atom stereocenters. The Balaban J connectivity index is 1.89. The fourth-order valence-corrected chi connectivity index (χ4v) is 5.52. The highest BCUT2D eigenvalue weighted by Crippen LogP contribution is 2.44. The first kappa shape index (κ1) is 20.9. The van der Waals surface area contributed by atoms with E-state index in [2.05, 4.69) is 10.4 Å². The number of para-hydroxylation sites is 2. The number of carboxylic acid groups (broad SMARTS) is 1. The maximum absolute atomic E-state index is 11.2. The summed E-state index contributed by atoms with van der Waals surface area (Å²) >= 11 is 6.76. The molecule has 1 saturated heterocycles. The van der Waals surface area contributed by atoms with E-state index in [4.69, 9.17) is 17.3 Å². The van der Waals surface area contributed by atoms with E-state index in [1.54, 1.807) is 0 Å². The van der Waals surface area contributed by atoms with Gasteiger partial charge < -0.3 is 10.4 Å². The summed E-state index contributed by atoms with van der Waals surface area (Å²) in [6.07, 6.45) is 6.07. The van der Waals surface area contributed by atoms with Crippen LogP contribution < -0.4 is 10.4 Å². The second kappa shape index (κ2) is 8.67. The van der Waals surface area contributed by atoms with Crippen molar-refractivity contribution >= 4 is 51.9 Å². The number of anilines is 2. The van der Waals surface area contributed by atoms with Gasteiger partial charge in [-0.15, -0.1) is 0 Å². The number of hydrazone groups is 1. The Hall–Kier alpha value is -1.84. The summed E-state index contributed by atoms with van der Waals surface area (Å²) in [5.41, 5.74) is 1.46. The maximum Gasteiger partial charge on any atom is 0.348 e. The van der Waals surface area contributed by atoms with E-state index >= 15 is 0 Å². The second-order valence-corrected chi connectivity index (χ2v) is 9.90. The van der Waals surface area contributed by atoms with Crippen LogP contribution in [0.25, 0.3) is 0 Å². The van der Waals surface area contributed by atoms with Gasteiger partial charge >= 0.3 is 5.97 Å². The third-order valence-electron chi connectivity index (χ3n) is 5.03. The number of benzene rings is 1. The molecule has 1 saturated carbocycles. The van der Waals surface area contributed by atoms with Gasteiger partial charge in [-0.05, 0) is 38.8 Å². The average Bonchev–Trinajstić information content (AvgIpc) is 2.88. The van der Waals surface area contributed by atoms with Gasteiger partial charge in [-0.25, -0.2) is 14.9 Å². The first-order valence-corrected chi connectivity index (χ1v) is 10.6. The van der Waals surface area contributed by atoms with E-state index in [1.807, 2.05) is 38.1 Å². The van der Waals surface area contributed by atoms with Gasteiger partial charge in [0.25, 0.3) is 0 Å². The summed E-state index contributed by atoms with van der Waals surface area (Å²) in [7, 11) is 0. The van der Waals surface area contributed by atoms with Gasteiger partial charge in [-0.3, -0.25) is 5.21 Å². The minimum Gasteiger partial charge on any atom is -0.477 e. The zero-order valence-corrected chi connectivity index (χ0v) is 17.7. The molecule has 3 N–H and O–H groups in total. The topological polar surface area (TPSA) is 88.4 Å². The van der Waals surface area contributed by atoms with Crippen LogP contribution in [0.4, 0.5) is 11.4 Å². The molecule has 0 spiro atoms. The second-order valence-electron chi connectivity index (χ2n) is 7.61. The largest absolute Gasteiger partial charge is 0.477 e. The van der Waals surface area contributed by atoms with Crippen molar-refractivity contribution in [3.63, 3.8) is 0 Å². The van der Waals surface area contributed by atoms with Gasteiger partial charge in [0.15, 0.2) is 10.5 Å². The van der Waals surface area contributed by atoms with Crippen LogP contribution in [0.1, 0.15) is 46.0 Å². The predicted molar refractivity (Wildman–Crippen MR) is 117 cm³/mol. The minimum atomic E-state index is -1.17. The molecule has 0 amide bonds. The summed E-state index contributed by atoms with van der Waals surface area (Å²) in [5.74, 6) is -1.17. The van der Waals surface area contributed by atoms with E-state index in [9.17, 15) is 10.0 Å². The van der Waals surface area contributed by atoms with Crippen molar-refractivity contribution in [2.45, 2.75) is 62.9 Å². The molecular weight excluding hydrogens is 396 g/mol. The molecule has 3 rings (SSSR count). The maximum atomic E-state index is 11.2. The van der Waals surface area contributed by atoms with Crippen LogP contribution in [-0.2, 0) is 4.79 Å². The van der Waals surface area contributed by atoms with Crippen LogP contribution in [0.3, 0.4) is 0 Å². The van der Waals surface area contributed by atoms with Crippen LogP contribution >= 0.6 is 24.0 Å². The Labute approximate surface area is 174 Å². The zero-order valence-electron chi connectivity index (χ0n) is 16.0. The molecule has 2 aliphatic rings. The lowest BCUT2D eigenvalue weighted by molar-refractivity contribution is -0.128. The summed E-state index contributed by atoms with van der Waals surface area (Å²) in [6, 6.07) is 7.97. The molecule has 7 nitrogen and oxygen atoms in total. The highest BCUT2D eigenvalue weighted by atomic mass is 32.2. The Morgan fingerprint density at radius 3 is 2.71 bits per heavy atom. The third kappa shape index (κ3) is 4.59. The molecule has 1 aliphatic carbocycles. The lowest BCUT2D eigenvalue weighted by atomic mass is 9.95. The fourth-order valence-electron chi connectivity index (χ4n) is 3.73. The van der Waals surface area contributed by atoms with Crippen LogP contribution in [0.5, 0.6) is 0 Å². The number of hydrogen-bond acceptors (Lipinski definition) is 7. The number of thioether (sulfide) groups is 1. The van der Waals surface area contributed by atoms with Crippen molar-refractivity contribution < 1.29 is 15.1 Å². The van der Waals surface area contributed by atoms with E-state index in [0.29, 0.717) is 16.0 Å². The van der Waals surface area contributed by atoms with Crippen molar-refractivity contribution in [2.75, 3.05) is 10.4 Å². The highest BCUT2D eigenvalue weighted by Gasteiger charge is 2.49. The van der Waals surface area contributed by atoms with E-state index in [1.165, 1.54) is 36.0 Å². The normalized spacial score (nSPS) is 22.6. The van der Waals surface area contributed by atoms with Gasteiger partial charge in [0.2, 0.25) is 0 Å². The fraction of sp³-hybridized carbons (Fsp3) is 0.526.